The number of anilines is 1. The van der Waals surface area contributed by atoms with Crippen LogP contribution in [0.25, 0.3) is 0 Å². The second-order valence-corrected chi connectivity index (χ2v) is 6.42. The van der Waals surface area contributed by atoms with Crippen molar-refractivity contribution in [2.24, 2.45) is 4.99 Å². The molecule has 26 heavy (non-hydrogen) atoms. The van der Waals surface area contributed by atoms with Crippen LogP contribution in [0.1, 0.15) is 20.3 Å². The summed E-state index contributed by atoms with van der Waals surface area (Å²) in [6.07, 6.45) is 1.28. The number of nitrogens with one attached hydrogen (secondary N) is 1. The number of hydrogen-bond acceptors (Lipinski definition) is 4. The average Bonchev–Trinajstić information content (AvgIpc) is 2.65. The van der Waals surface area contributed by atoms with Gasteiger partial charge in [0, 0.05) is 58.1 Å². The second kappa shape index (κ2) is 12.2. The van der Waals surface area contributed by atoms with Crippen LogP contribution < -0.4 is 15.0 Å². The highest BCUT2D eigenvalue weighted by Gasteiger charge is 2.19. The predicted molar refractivity (Wildman–Crippen MR) is 119 cm³/mol. The topological polar surface area (TPSA) is 49.3 Å². The van der Waals surface area contributed by atoms with Gasteiger partial charge < -0.3 is 24.6 Å². The molecule has 1 aliphatic heterocycles. The zero-order valence-electron chi connectivity index (χ0n) is 16.4. The molecule has 1 aromatic carbocycles. The number of methoxy groups -OCH3 is 1. The van der Waals surface area contributed by atoms with E-state index >= 15 is 0 Å². The Kier molecular flexibility index (Phi) is 10.7. The Hall–Kier alpha value is -1.22. The lowest BCUT2D eigenvalue weighted by atomic mass is 10.2. The second-order valence-electron chi connectivity index (χ2n) is 6.42. The lowest BCUT2D eigenvalue weighted by Crippen LogP contribution is -2.52. The Bertz CT molecular complexity index is 546. The van der Waals surface area contributed by atoms with Gasteiger partial charge in [-0.3, -0.25) is 4.99 Å². The molecule has 1 saturated heterocycles. The summed E-state index contributed by atoms with van der Waals surface area (Å²) in [5.74, 6) is 1.89. The molecule has 1 N–H and O–H groups in total. The number of nitrogens with zero attached hydrogens (tertiary/aromatic N) is 3. The number of guanidine groups is 1. The lowest BCUT2D eigenvalue weighted by Gasteiger charge is -2.37. The lowest BCUT2D eigenvalue weighted by molar-refractivity contribution is 0.0775. The molecular weight excluding hydrogens is 443 g/mol. The summed E-state index contributed by atoms with van der Waals surface area (Å²) in [7, 11) is 3.56. The summed E-state index contributed by atoms with van der Waals surface area (Å²) in [5.41, 5.74) is 1.22. The first-order valence-corrected chi connectivity index (χ1v) is 9.10. The van der Waals surface area contributed by atoms with Crippen LogP contribution in [0.3, 0.4) is 0 Å². The standard InChI is InChI=1S/C19H32N4O2.HI/c1-16(2)25-14-6-9-21-19(20-3)23-12-10-22(11-13-23)17-7-5-8-18(15-17)24-4;/h5,7-8,15-16H,6,9-14H2,1-4H3,(H,20,21);1H. The summed E-state index contributed by atoms with van der Waals surface area (Å²) in [6, 6.07) is 8.26. The van der Waals surface area contributed by atoms with Crippen LogP contribution in [0.15, 0.2) is 29.3 Å². The summed E-state index contributed by atoms with van der Waals surface area (Å²) in [4.78, 5) is 9.13. The van der Waals surface area contributed by atoms with Crippen LogP contribution in [0.4, 0.5) is 5.69 Å². The van der Waals surface area contributed by atoms with Gasteiger partial charge in [0.25, 0.3) is 0 Å². The molecule has 0 spiro atoms. The number of rotatable bonds is 7. The molecule has 0 radical (unpaired) electrons. The van der Waals surface area contributed by atoms with E-state index < -0.39 is 0 Å². The third-order valence-corrected chi connectivity index (χ3v) is 4.26. The van der Waals surface area contributed by atoms with Crippen LogP contribution in [-0.4, -0.2) is 70.5 Å². The molecule has 0 saturated carbocycles. The van der Waals surface area contributed by atoms with Crippen LogP contribution in [0.5, 0.6) is 5.75 Å². The number of aliphatic imine (C=N–C) groups is 1. The van der Waals surface area contributed by atoms with E-state index in [2.05, 4.69) is 46.1 Å². The van der Waals surface area contributed by atoms with Crippen LogP contribution in [0.2, 0.25) is 0 Å². The molecule has 0 aromatic heterocycles. The summed E-state index contributed by atoms with van der Waals surface area (Å²) in [5, 5.41) is 3.44. The summed E-state index contributed by atoms with van der Waals surface area (Å²) < 4.78 is 10.9. The van der Waals surface area contributed by atoms with Crippen molar-refractivity contribution in [2.75, 3.05) is 58.4 Å². The molecule has 7 heteroatoms. The van der Waals surface area contributed by atoms with Gasteiger partial charge in [0.1, 0.15) is 5.75 Å². The van der Waals surface area contributed by atoms with Crippen molar-refractivity contribution in [3.8, 4) is 5.75 Å². The third-order valence-electron chi connectivity index (χ3n) is 4.26. The minimum atomic E-state index is 0. The maximum Gasteiger partial charge on any atom is 0.193 e. The summed E-state index contributed by atoms with van der Waals surface area (Å²) >= 11 is 0. The Morgan fingerprint density at radius 2 is 1.96 bits per heavy atom. The van der Waals surface area contributed by atoms with E-state index in [4.69, 9.17) is 9.47 Å². The predicted octanol–water partition coefficient (Wildman–Crippen LogP) is 2.83. The Morgan fingerprint density at radius 3 is 2.58 bits per heavy atom. The van der Waals surface area contributed by atoms with Gasteiger partial charge in [-0.15, -0.1) is 24.0 Å². The summed E-state index contributed by atoms with van der Waals surface area (Å²) in [6.45, 7) is 9.66. The highest BCUT2D eigenvalue weighted by molar-refractivity contribution is 14.0. The number of piperazine rings is 1. The highest BCUT2D eigenvalue weighted by atomic mass is 127. The van der Waals surface area contributed by atoms with E-state index in [0.29, 0.717) is 6.10 Å². The van der Waals surface area contributed by atoms with E-state index in [1.165, 1.54) is 5.69 Å². The van der Waals surface area contributed by atoms with Gasteiger partial charge in [-0.1, -0.05) is 6.07 Å². The van der Waals surface area contributed by atoms with Crippen molar-refractivity contribution in [3.05, 3.63) is 24.3 Å². The van der Waals surface area contributed by atoms with Crippen LogP contribution >= 0.6 is 24.0 Å². The smallest absolute Gasteiger partial charge is 0.193 e. The number of ether oxygens (including phenoxy) is 2. The fraction of sp³-hybridized carbons (Fsp3) is 0.632. The maximum atomic E-state index is 5.57. The zero-order chi connectivity index (χ0) is 18.1. The van der Waals surface area contributed by atoms with Gasteiger partial charge >= 0.3 is 0 Å². The molecule has 1 aliphatic rings. The molecule has 2 rings (SSSR count). The van der Waals surface area contributed by atoms with E-state index in [9.17, 15) is 0 Å². The quantitative estimate of drug-likeness (QED) is 0.284. The van der Waals surface area contributed by atoms with Gasteiger partial charge in [0.15, 0.2) is 5.96 Å². The van der Waals surface area contributed by atoms with Crippen molar-refractivity contribution in [1.82, 2.24) is 10.2 Å². The molecule has 1 aromatic rings. The van der Waals surface area contributed by atoms with Gasteiger partial charge in [0.05, 0.1) is 13.2 Å². The van der Waals surface area contributed by atoms with Crippen LogP contribution in [0, 0.1) is 0 Å². The first kappa shape index (κ1) is 22.8. The van der Waals surface area contributed by atoms with Gasteiger partial charge in [-0.05, 0) is 32.4 Å². The Labute approximate surface area is 175 Å². The molecule has 0 aliphatic carbocycles. The Morgan fingerprint density at radius 1 is 1.23 bits per heavy atom. The van der Waals surface area contributed by atoms with Crippen molar-refractivity contribution >= 4 is 35.6 Å². The molecule has 148 valence electrons. The first-order valence-electron chi connectivity index (χ1n) is 9.10. The molecule has 0 amide bonds. The minimum Gasteiger partial charge on any atom is -0.497 e. The third kappa shape index (κ3) is 7.19. The molecule has 1 fully saturated rings. The minimum absolute atomic E-state index is 0. The van der Waals surface area contributed by atoms with Gasteiger partial charge in [0.2, 0.25) is 0 Å². The SMILES string of the molecule is CN=C(NCCCOC(C)C)N1CCN(c2cccc(OC)c2)CC1.I. The molecule has 0 bridgehead atoms. The van der Waals surface area contributed by atoms with E-state index in [1.54, 1.807) is 7.11 Å². The van der Waals surface area contributed by atoms with Gasteiger partial charge in [-0.25, -0.2) is 0 Å². The van der Waals surface area contributed by atoms with E-state index in [1.807, 2.05) is 19.2 Å². The fourth-order valence-corrected chi connectivity index (χ4v) is 2.91. The zero-order valence-corrected chi connectivity index (χ0v) is 18.7. The van der Waals surface area contributed by atoms with Crippen molar-refractivity contribution in [3.63, 3.8) is 0 Å². The average molecular weight is 476 g/mol. The van der Waals surface area contributed by atoms with Crippen LogP contribution in [-0.2, 0) is 4.74 Å². The molecule has 1 heterocycles. The largest absolute Gasteiger partial charge is 0.497 e. The number of halogens is 1. The molecule has 0 unspecified atom stereocenters. The van der Waals surface area contributed by atoms with Crippen molar-refractivity contribution in [2.45, 2.75) is 26.4 Å². The molecular formula is C19H33IN4O2. The first-order chi connectivity index (χ1) is 12.1. The normalized spacial score (nSPS) is 15.0. The van der Waals surface area contributed by atoms with Crippen molar-refractivity contribution in [1.29, 1.82) is 0 Å². The Balaban J connectivity index is 0.00000338. The van der Waals surface area contributed by atoms with Gasteiger partial charge in [-0.2, -0.15) is 0 Å². The van der Waals surface area contributed by atoms with E-state index in [-0.39, 0.29) is 24.0 Å². The van der Waals surface area contributed by atoms with E-state index in [0.717, 1.165) is 57.5 Å². The number of benzene rings is 1. The monoisotopic (exact) mass is 476 g/mol. The fourth-order valence-electron chi connectivity index (χ4n) is 2.91. The highest BCUT2D eigenvalue weighted by Crippen LogP contribution is 2.22. The molecule has 6 nitrogen and oxygen atoms in total. The molecule has 0 atom stereocenters. The van der Waals surface area contributed by atoms with Crippen molar-refractivity contribution < 1.29 is 9.47 Å². The number of hydrogen-bond donors (Lipinski definition) is 1. The maximum absolute atomic E-state index is 5.57.